The van der Waals surface area contributed by atoms with Crippen molar-refractivity contribution in [3.63, 3.8) is 0 Å². The molecule has 0 saturated carbocycles. The Morgan fingerprint density at radius 3 is 2.60 bits per heavy atom. The summed E-state index contributed by atoms with van der Waals surface area (Å²) in [6.45, 7) is 6.13. The van der Waals surface area contributed by atoms with Crippen molar-refractivity contribution in [2.75, 3.05) is 0 Å². The molecule has 1 aromatic heterocycles. The van der Waals surface area contributed by atoms with Gasteiger partial charge in [-0.15, -0.1) is 0 Å². The van der Waals surface area contributed by atoms with E-state index in [1.165, 1.54) is 0 Å². The van der Waals surface area contributed by atoms with Crippen LogP contribution in [0, 0.1) is 0 Å². The lowest BCUT2D eigenvalue weighted by Crippen LogP contribution is -2.02. The predicted octanol–water partition coefficient (Wildman–Crippen LogP) is 4.30. The Morgan fingerprint density at radius 1 is 1.40 bits per heavy atom. The second kappa shape index (κ2) is 5.86. The molecule has 0 bridgehead atoms. The quantitative estimate of drug-likeness (QED) is 0.679. The average molecular weight is 222 g/mol. The van der Waals surface area contributed by atoms with Crippen LogP contribution in [-0.4, -0.2) is 5.78 Å². The number of Topliss-reactive ketones (excluding diaryl/α,β-unsaturated/α-hetero) is 1. The molecule has 0 aromatic carbocycles. The molecule has 0 aliphatic heterocycles. The van der Waals surface area contributed by atoms with Crippen LogP contribution in [-0.2, 0) is 4.79 Å². The first kappa shape index (κ1) is 12.2. The summed E-state index contributed by atoms with van der Waals surface area (Å²) in [5.41, 5.74) is 3.13. The van der Waals surface area contributed by atoms with Gasteiger partial charge in [-0.3, -0.25) is 4.79 Å². The number of allylic oxidation sites excluding steroid dienone is 2. The highest BCUT2D eigenvalue weighted by atomic mass is 32.1. The summed E-state index contributed by atoms with van der Waals surface area (Å²) in [5, 5.41) is 4.07. The van der Waals surface area contributed by atoms with Crippen molar-refractivity contribution in [3.05, 3.63) is 28.0 Å². The molecule has 0 N–H and O–H groups in total. The fourth-order valence-corrected chi connectivity index (χ4v) is 2.24. The summed E-state index contributed by atoms with van der Waals surface area (Å²) in [5.74, 6) is 0.287. The second-order valence-electron chi connectivity index (χ2n) is 3.91. The van der Waals surface area contributed by atoms with Crippen LogP contribution >= 0.6 is 11.3 Å². The van der Waals surface area contributed by atoms with Gasteiger partial charge in [-0.1, -0.05) is 18.9 Å². The molecule has 0 fully saturated rings. The summed E-state index contributed by atoms with van der Waals surface area (Å²) >= 11 is 1.64. The molecular weight excluding hydrogens is 204 g/mol. The number of thiophene rings is 1. The molecule has 0 saturated heterocycles. The molecule has 0 atom stereocenters. The molecular formula is C13H18OS. The van der Waals surface area contributed by atoms with Gasteiger partial charge in [0, 0.05) is 12.0 Å². The highest BCUT2D eigenvalue weighted by Crippen LogP contribution is 2.23. The maximum atomic E-state index is 12.0. The monoisotopic (exact) mass is 222 g/mol. The topological polar surface area (TPSA) is 17.1 Å². The van der Waals surface area contributed by atoms with Gasteiger partial charge in [0.05, 0.1) is 0 Å². The van der Waals surface area contributed by atoms with Gasteiger partial charge in [0.1, 0.15) is 0 Å². The SMILES string of the molecule is CCCCC(=O)C(=C(C)C)c1ccsc1. The first-order valence-corrected chi connectivity index (χ1v) is 6.34. The number of ketones is 1. The number of unbranched alkanes of at least 4 members (excludes halogenated alkanes) is 1. The average Bonchev–Trinajstić information content (AvgIpc) is 2.67. The Bertz CT molecular complexity index is 343. The molecule has 0 radical (unpaired) electrons. The minimum atomic E-state index is 0.287. The number of rotatable bonds is 5. The van der Waals surface area contributed by atoms with Crippen LogP contribution < -0.4 is 0 Å². The van der Waals surface area contributed by atoms with Crippen LogP contribution in [0.1, 0.15) is 45.6 Å². The Kier molecular flexibility index (Phi) is 4.76. The van der Waals surface area contributed by atoms with Crippen LogP contribution in [0.5, 0.6) is 0 Å². The Morgan fingerprint density at radius 2 is 2.13 bits per heavy atom. The molecule has 0 aliphatic carbocycles. The smallest absolute Gasteiger partial charge is 0.163 e. The van der Waals surface area contributed by atoms with Crippen molar-refractivity contribution in [2.24, 2.45) is 0 Å². The third kappa shape index (κ3) is 3.31. The molecule has 1 nitrogen and oxygen atoms in total. The van der Waals surface area contributed by atoms with Gasteiger partial charge >= 0.3 is 0 Å². The van der Waals surface area contributed by atoms with Crippen molar-refractivity contribution in [1.82, 2.24) is 0 Å². The van der Waals surface area contributed by atoms with Gasteiger partial charge in [0.15, 0.2) is 5.78 Å². The highest BCUT2D eigenvalue weighted by molar-refractivity contribution is 7.08. The minimum Gasteiger partial charge on any atom is -0.294 e. The zero-order valence-electron chi connectivity index (χ0n) is 9.67. The fourth-order valence-electron chi connectivity index (χ4n) is 1.60. The van der Waals surface area contributed by atoms with E-state index in [0.717, 1.165) is 29.6 Å². The normalized spacial score (nSPS) is 10.1. The molecule has 0 unspecified atom stereocenters. The maximum absolute atomic E-state index is 12.0. The van der Waals surface area contributed by atoms with Gasteiger partial charge in [-0.25, -0.2) is 0 Å². The Hall–Kier alpha value is -0.890. The Labute approximate surface area is 95.8 Å². The van der Waals surface area contributed by atoms with Crippen LogP contribution in [0.2, 0.25) is 0 Å². The Balaban J connectivity index is 2.86. The third-order valence-electron chi connectivity index (χ3n) is 2.35. The van der Waals surface area contributed by atoms with Crippen molar-refractivity contribution in [3.8, 4) is 0 Å². The zero-order valence-corrected chi connectivity index (χ0v) is 10.5. The van der Waals surface area contributed by atoms with Gasteiger partial charge in [0.25, 0.3) is 0 Å². The molecule has 82 valence electrons. The van der Waals surface area contributed by atoms with E-state index in [0.29, 0.717) is 6.42 Å². The standard InChI is InChI=1S/C13H18OS/c1-4-5-6-12(14)13(10(2)3)11-7-8-15-9-11/h7-9H,4-6H2,1-3H3. The van der Waals surface area contributed by atoms with Crippen molar-refractivity contribution in [2.45, 2.75) is 40.0 Å². The van der Waals surface area contributed by atoms with Crippen molar-refractivity contribution < 1.29 is 4.79 Å². The summed E-state index contributed by atoms with van der Waals surface area (Å²) in [7, 11) is 0. The lowest BCUT2D eigenvalue weighted by molar-refractivity contribution is -0.113. The van der Waals surface area contributed by atoms with Crippen LogP contribution in [0.25, 0.3) is 5.57 Å². The first-order valence-electron chi connectivity index (χ1n) is 5.40. The molecule has 15 heavy (non-hydrogen) atoms. The van der Waals surface area contributed by atoms with Crippen LogP contribution in [0.4, 0.5) is 0 Å². The molecule has 0 amide bonds. The van der Waals surface area contributed by atoms with Gasteiger partial charge in [-0.05, 0) is 42.7 Å². The van der Waals surface area contributed by atoms with Gasteiger partial charge < -0.3 is 0 Å². The molecule has 1 rings (SSSR count). The largest absolute Gasteiger partial charge is 0.294 e. The summed E-state index contributed by atoms with van der Waals surface area (Å²) < 4.78 is 0. The van der Waals surface area contributed by atoms with Crippen molar-refractivity contribution >= 4 is 22.7 Å². The summed E-state index contributed by atoms with van der Waals surface area (Å²) in [6.07, 6.45) is 2.73. The summed E-state index contributed by atoms with van der Waals surface area (Å²) in [6, 6.07) is 2.02. The van der Waals surface area contributed by atoms with Crippen molar-refractivity contribution in [1.29, 1.82) is 0 Å². The number of hydrogen-bond donors (Lipinski definition) is 0. The molecule has 0 spiro atoms. The van der Waals surface area contributed by atoms with E-state index in [4.69, 9.17) is 0 Å². The number of carbonyl (C=O) groups is 1. The first-order chi connectivity index (χ1) is 7.16. The van der Waals surface area contributed by atoms with Gasteiger partial charge in [-0.2, -0.15) is 11.3 Å². The van der Waals surface area contributed by atoms with E-state index in [9.17, 15) is 4.79 Å². The van der Waals surface area contributed by atoms with E-state index in [1.54, 1.807) is 11.3 Å². The zero-order chi connectivity index (χ0) is 11.3. The van der Waals surface area contributed by atoms with E-state index < -0.39 is 0 Å². The van der Waals surface area contributed by atoms with E-state index in [-0.39, 0.29) is 5.78 Å². The molecule has 2 heteroatoms. The third-order valence-corrected chi connectivity index (χ3v) is 3.03. The van der Waals surface area contributed by atoms with E-state index in [2.05, 4.69) is 6.92 Å². The lowest BCUT2D eigenvalue weighted by Gasteiger charge is -2.06. The fraction of sp³-hybridized carbons (Fsp3) is 0.462. The number of hydrogen-bond acceptors (Lipinski definition) is 2. The van der Waals surface area contributed by atoms with Crippen LogP contribution in [0.15, 0.2) is 22.4 Å². The minimum absolute atomic E-state index is 0.287. The molecule has 0 aliphatic rings. The van der Waals surface area contributed by atoms with E-state index in [1.807, 2.05) is 30.7 Å². The molecule has 1 aromatic rings. The predicted molar refractivity (Wildman–Crippen MR) is 67.1 cm³/mol. The lowest BCUT2D eigenvalue weighted by atomic mass is 9.97. The van der Waals surface area contributed by atoms with Crippen LogP contribution in [0.3, 0.4) is 0 Å². The number of carbonyl (C=O) groups excluding carboxylic acids is 1. The maximum Gasteiger partial charge on any atom is 0.163 e. The summed E-state index contributed by atoms with van der Waals surface area (Å²) in [4.78, 5) is 12.0. The van der Waals surface area contributed by atoms with E-state index >= 15 is 0 Å². The van der Waals surface area contributed by atoms with Gasteiger partial charge in [0.2, 0.25) is 0 Å². The molecule has 1 heterocycles. The highest BCUT2D eigenvalue weighted by Gasteiger charge is 2.13. The second-order valence-corrected chi connectivity index (χ2v) is 4.69.